The Morgan fingerprint density at radius 3 is 3.00 bits per heavy atom. The molecule has 0 fully saturated rings. The summed E-state index contributed by atoms with van der Waals surface area (Å²) in [4.78, 5) is 4.76. The maximum atomic E-state index is 5.08. The van der Waals surface area contributed by atoms with Crippen molar-refractivity contribution in [1.29, 1.82) is 0 Å². The first kappa shape index (κ1) is 16.3. The zero-order chi connectivity index (χ0) is 15.1. The van der Waals surface area contributed by atoms with Crippen molar-refractivity contribution in [3.05, 3.63) is 30.1 Å². The predicted molar refractivity (Wildman–Crippen MR) is 89.0 cm³/mol. The Hall–Kier alpha value is -1.04. The SMILES string of the molecule is COCCNCc1c(SCCC(C)C)nc2ccccn12. The number of imidazole rings is 1. The number of hydrogen-bond donors (Lipinski definition) is 1. The van der Waals surface area contributed by atoms with Crippen molar-refractivity contribution in [1.82, 2.24) is 14.7 Å². The van der Waals surface area contributed by atoms with E-state index in [2.05, 4.69) is 41.9 Å². The monoisotopic (exact) mass is 307 g/mol. The van der Waals surface area contributed by atoms with Gasteiger partial charge in [0.2, 0.25) is 0 Å². The van der Waals surface area contributed by atoms with E-state index < -0.39 is 0 Å². The molecule has 2 rings (SSSR count). The fraction of sp³-hybridized carbons (Fsp3) is 0.562. The molecule has 2 aromatic heterocycles. The minimum atomic E-state index is 0.729. The number of nitrogens with one attached hydrogen (secondary N) is 1. The minimum Gasteiger partial charge on any atom is -0.383 e. The van der Waals surface area contributed by atoms with Gasteiger partial charge >= 0.3 is 0 Å². The van der Waals surface area contributed by atoms with Crippen LogP contribution >= 0.6 is 11.8 Å². The van der Waals surface area contributed by atoms with Crippen LogP contribution in [0.5, 0.6) is 0 Å². The number of fused-ring (bicyclic) bond motifs is 1. The molecule has 0 aliphatic heterocycles. The fourth-order valence-electron chi connectivity index (χ4n) is 2.07. The summed E-state index contributed by atoms with van der Waals surface area (Å²) in [6, 6.07) is 6.15. The normalized spacial score (nSPS) is 11.6. The van der Waals surface area contributed by atoms with Crippen molar-refractivity contribution >= 4 is 17.4 Å². The molecule has 0 aromatic carbocycles. The van der Waals surface area contributed by atoms with Crippen LogP contribution in [0.2, 0.25) is 0 Å². The lowest BCUT2D eigenvalue weighted by atomic mass is 10.2. The van der Waals surface area contributed by atoms with Crippen LogP contribution in [-0.2, 0) is 11.3 Å². The van der Waals surface area contributed by atoms with Gasteiger partial charge in [-0.05, 0) is 30.2 Å². The van der Waals surface area contributed by atoms with Crippen LogP contribution in [0.3, 0.4) is 0 Å². The number of nitrogens with zero attached hydrogens (tertiary/aromatic N) is 2. The van der Waals surface area contributed by atoms with Gasteiger partial charge in [-0.25, -0.2) is 4.98 Å². The second-order valence-corrected chi connectivity index (χ2v) is 6.58. The Labute approximate surface area is 131 Å². The lowest BCUT2D eigenvalue weighted by molar-refractivity contribution is 0.199. The van der Waals surface area contributed by atoms with E-state index in [-0.39, 0.29) is 0 Å². The first-order valence-electron chi connectivity index (χ1n) is 7.50. The van der Waals surface area contributed by atoms with Crippen LogP contribution in [0.25, 0.3) is 5.65 Å². The summed E-state index contributed by atoms with van der Waals surface area (Å²) < 4.78 is 7.26. The average molecular weight is 307 g/mol. The zero-order valence-corrected chi connectivity index (χ0v) is 13.9. The van der Waals surface area contributed by atoms with E-state index in [1.807, 2.05) is 17.8 Å². The van der Waals surface area contributed by atoms with E-state index in [0.717, 1.165) is 42.0 Å². The van der Waals surface area contributed by atoms with E-state index >= 15 is 0 Å². The van der Waals surface area contributed by atoms with Crippen molar-refractivity contribution in [2.45, 2.75) is 31.8 Å². The molecule has 0 bridgehead atoms. The minimum absolute atomic E-state index is 0.729. The third kappa shape index (κ3) is 4.73. The highest BCUT2D eigenvalue weighted by molar-refractivity contribution is 7.99. The molecule has 21 heavy (non-hydrogen) atoms. The number of thioether (sulfide) groups is 1. The van der Waals surface area contributed by atoms with Crippen molar-refractivity contribution in [2.75, 3.05) is 26.0 Å². The van der Waals surface area contributed by atoms with Crippen molar-refractivity contribution in [2.24, 2.45) is 5.92 Å². The summed E-state index contributed by atoms with van der Waals surface area (Å²) in [6.07, 6.45) is 3.30. The first-order valence-corrected chi connectivity index (χ1v) is 8.49. The molecule has 5 heteroatoms. The summed E-state index contributed by atoms with van der Waals surface area (Å²) >= 11 is 1.86. The smallest absolute Gasteiger partial charge is 0.138 e. The molecular formula is C16H25N3OS. The van der Waals surface area contributed by atoms with Crippen LogP contribution in [0, 0.1) is 5.92 Å². The Bertz CT molecular complexity index is 553. The summed E-state index contributed by atoms with van der Waals surface area (Å²) in [5.41, 5.74) is 2.27. The summed E-state index contributed by atoms with van der Waals surface area (Å²) in [5.74, 6) is 1.85. The van der Waals surface area contributed by atoms with Gasteiger partial charge in [0.1, 0.15) is 10.7 Å². The molecule has 0 saturated carbocycles. The highest BCUT2D eigenvalue weighted by atomic mass is 32.2. The molecule has 116 valence electrons. The molecule has 0 amide bonds. The number of methoxy groups -OCH3 is 1. The van der Waals surface area contributed by atoms with Gasteiger partial charge in [0, 0.05) is 26.4 Å². The number of pyridine rings is 1. The first-order chi connectivity index (χ1) is 10.2. The standard InChI is InChI=1S/C16H25N3OS/c1-13(2)7-11-21-16-14(12-17-8-10-20-3)19-9-5-4-6-15(19)18-16/h4-6,9,13,17H,7-8,10-12H2,1-3H3. The topological polar surface area (TPSA) is 38.6 Å². The third-order valence-electron chi connectivity index (χ3n) is 3.30. The largest absolute Gasteiger partial charge is 0.383 e. The molecule has 0 unspecified atom stereocenters. The molecule has 0 spiro atoms. The van der Waals surface area contributed by atoms with Crippen molar-refractivity contribution in [3.8, 4) is 0 Å². The second kappa shape index (κ2) is 8.41. The Kier molecular flexibility index (Phi) is 6.54. The van der Waals surface area contributed by atoms with Gasteiger partial charge < -0.3 is 14.5 Å². The van der Waals surface area contributed by atoms with Crippen molar-refractivity contribution in [3.63, 3.8) is 0 Å². The summed E-state index contributed by atoms with van der Waals surface area (Å²) in [6.45, 7) is 6.92. The zero-order valence-electron chi connectivity index (χ0n) is 13.1. The second-order valence-electron chi connectivity index (χ2n) is 5.49. The summed E-state index contributed by atoms with van der Waals surface area (Å²) in [7, 11) is 1.73. The lowest BCUT2D eigenvalue weighted by Gasteiger charge is -2.07. The number of aromatic nitrogens is 2. The van der Waals surface area contributed by atoms with Gasteiger partial charge in [-0.15, -0.1) is 11.8 Å². The third-order valence-corrected chi connectivity index (χ3v) is 4.34. The van der Waals surface area contributed by atoms with E-state index in [0.29, 0.717) is 0 Å². The molecular weight excluding hydrogens is 282 g/mol. The van der Waals surface area contributed by atoms with Crippen molar-refractivity contribution < 1.29 is 4.74 Å². The fourth-order valence-corrected chi connectivity index (χ4v) is 3.35. The molecule has 0 atom stereocenters. The van der Waals surface area contributed by atoms with Crippen LogP contribution < -0.4 is 5.32 Å². The molecule has 0 aliphatic rings. The summed E-state index contributed by atoms with van der Waals surface area (Å²) in [5, 5.41) is 4.57. The Morgan fingerprint density at radius 1 is 1.38 bits per heavy atom. The predicted octanol–water partition coefficient (Wildman–Crippen LogP) is 3.21. The molecule has 0 radical (unpaired) electrons. The van der Waals surface area contributed by atoms with Gasteiger partial charge in [0.25, 0.3) is 0 Å². The van der Waals surface area contributed by atoms with Crippen LogP contribution in [0.15, 0.2) is 29.4 Å². The van der Waals surface area contributed by atoms with Crippen LogP contribution in [-0.4, -0.2) is 35.4 Å². The van der Waals surface area contributed by atoms with Gasteiger partial charge in [0.15, 0.2) is 0 Å². The molecule has 0 saturated heterocycles. The molecule has 2 aromatic rings. The average Bonchev–Trinajstić information content (AvgIpc) is 2.81. The quantitative estimate of drug-likeness (QED) is 0.570. The maximum Gasteiger partial charge on any atom is 0.138 e. The number of hydrogen-bond acceptors (Lipinski definition) is 4. The van der Waals surface area contributed by atoms with E-state index in [9.17, 15) is 0 Å². The Morgan fingerprint density at radius 2 is 2.24 bits per heavy atom. The van der Waals surface area contributed by atoms with E-state index in [1.54, 1.807) is 7.11 Å². The van der Waals surface area contributed by atoms with Gasteiger partial charge in [0.05, 0.1) is 12.3 Å². The number of ether oxygens (including phenoxy) is 1. The lowest BCUT2D eigenvalue weighted by Crippen LogP contribution is -2.19. The molecule has 4 nitrogen and oxygen atoms in total. The van der Waals surface area contributed by atoms with Crippen LogP contribution in [0.1, 0.15) is 26.0 Å². The molecule has 2 heterocycles. The highest BCUT2D eigenvalue weighted by Gasteiger charge is 2.12. The van der Waals surface area contributed by atoms with Gasteiger partial charge in [-0.3, -0.25) is 0 Å². The van der Waals surface area contributed by atoms with E-state index in [1.165, 1.54) is 12.1 Å². The van der Waals surface area contributed by atoms with E-state index in [4.69, 9.17) is 9.72 Å². The Balaban J connectivity index is 2.09. The highest BCUT2D eigenvalue weighted by Crippen LogP contribution is 2.25. The molecule has 1 N–H and O–H groups in total. The number of rotatable bonds is 9. The van der Waals surface area contributed by atoms with Gasteiger partial charge in [-0.2, -0.15) is 0 Å². The maximum absolute atomic E-state index is 5.08. The molecule has 0 aliphatic carbocycles. The van der Waals surface area contributed by atoms with Crippen LogP contribution in [0.4, 0.5) is 0 Å². The van der Waals surface area contributed by atoms with Gasteiger partial charge in [-0.1, -0.05) is 19.9 Å².